The van der Waals surface area contributed by atoms with Crippen LogP contribution in [0.25, 0.3) is 0 Å². The van der Waals surface area contributed by atoms with E-state index in [0.29, 0.717) is 19.3 Å². The predicted octanol–water partition coefficient (Wildman–Crippen LogP) is 2.76. The Morgan fingerprint density at radius 1 is 1.08 bits per heavy atom. The summed E-state index contributed by atoms with van der Waals surface area (Å²) in [5, 5.41) is 5.65. The van der Waals surface area contributed by atoms with Gasteiger partial charge in [-0.1, -0.05) is 43.0 Å². The maximum absolute atomic E-state index is 12.1. The molecule has 0 aliphatic heterocycles. The average Bonchev–Trinajstić information content (AvgIpc) is 2.65. The molecule has 0 heterocycles. The fraction of sp³-hybridized carbons (Fsp3) is 0.474. The number of amides is 2. The molecule has 142 valence electrons. The van der Waals surface area contributed by atoms with Gasteiger partial charge in [0.1, 0.15) is 13.2 Å². The largest absolute Gasteiger partial charge is 0.445 e. The van der Waals surface area contributed by atoms with Crippen LogP contribution in [0.5, 0.6) is 0 Å². The highest BCUT2D eigenvalue weighted by Crippen LogP contribution is 2.22. The van der Waals surface area contributed by atoms with E-state index in [4.69, 9.17) is 14.2 Å². The van der Waals surface area contributed by atoms with Crippen molar-refractivity contribution in [2.75, 3.05) is 13.7 Å². The molecular formula is C19H26N2O5. The first-order valence-corrected chi connectivity index (χ1v) is 8.65. The number of hydrogen-bond acceptors (Lipinski definition) is 5. The first-order valence-electron chi connectivity index (χ1n) is 8.65. The minimum atomic E-state index is -0.503. The van der Waals surface area contributed by atoms with Crippen LogP contribution in [0.3, 0.4) is 0 Å². The molecular weight excluding hydrogens is 336 g/mol. The van der Waals surface area contributed by atoms with Gasteiger partial charge < -0.3 is 24.8 Å². The van der Waals surface area contributed by atoms with Crippen molar-refractivity contribution in [3.63, 3.8) is 0 Å². The smallest absolute Gasteiger partial charge is 0.407 e. The molecule has 7 nitrogen and oxygen atoms in total. The van der Waals surface area contributed by atoms with Gasteiger partial charge in [-0.25, -0.2) is 9.59 Å². The topological polar surface area (TPSA) is 85.9 Å². The van der Waals surface area contributed by atoms with E-state index in [1.165, 1.54) is 6.08 Å². The highest BCUT2D eigenvalue weighted by atomic mass is 16.6. The number of hydrogen-bond donors (Lipinski definition) is 2. The van der Waals surface area contributed by atoms with E-state index in [2.05, 4.69) is 17.2 Å². The Hall–Kier alpha value is -2.54. The lowest BCUT2D eigenvalue weighted by molar-refractivity contribution is 0.0435. The molecule has 0 saturated heterocycles. The molecule has 3 atom stereocenters. The van der Waals surface area contributed by atoms with Gasteiger partial charge >= 0.3 is 12.2 Å². The zero-order valence-electron chi connectivity index (χ0n) is 15.0. The number of rotatable bonds is 7. The van der Waals surface area contributed by atoms with Gasteiger partial charge in [0, 0.05) is 19.2 Å². The summed E-state index contributed by atoms with van der Waals surface area (Å²) in [6.07, 6.45) is 2.37. The molecule has 1 aliphatic rings. The van der Waals surface area contributed by atoms with Crippen molar-refractivity contribution < 1.29 is 23.8 Å². The van der Waals surface area contributed by atoms with E-state index in [0.717, 1.165) is 5.56 Å². The van der Waals surface area contributed by atoms with Crippen LogP contribution >= 0.6 is 0 Å². The number of methoxy groups -OCH3 is 1. The zero-order chi connectivity index (χ0) is 18.8. The molecule has 0 radical (unpaired) electrons. The molecule has 2 rings (SSSR count). The van der Waals surface area contributed by atoms with Crippen LogP contribution in [0.2, 0.25) is 0 Å². The van der Waals surface area contributed by atoms with Gasteiger partial charge in [-0.05, 0) is 24.8 Å². The van der Waals surface area contributed by atoms with Gasteiger partial charge in [-0.15, -0.1) is 0 Å². The summed E-state index contributed by atoms with van der Waals surface area (Å²) in [7, 11) is 1.62. The van der Waals surface area contributed by atoms with E-state index in [1.807, 2.05) is 30.3 Å². The minimum absolute atomic E-state index is 0.0622. The Bertz CT molecular complexity index is 593. The summed E-state index contributed by atoms with van der Waals surface area (Å²) in [6, 6.07) is 9.18. The summed E-state index contributed by atoms with van der Waals surface area (Å²) >= 11 is 0. The molecule has 0 spiro atoms. The highest BCUT2D eigenvalue weighted by Gasteiger charge is 2.31. The van der Waals surface area contributed by atoms with Crippen molar-refractivity contribution in [3.8, 4) is 0 Å². The molecule has 2 N–H and O–H groups in total. The minimum Gasteiger partial charge on any atom is -0.445 e. The standard InChI is InChI=1S/C19H26N2O5/c1-3-9-25-18(22)20-15-10-16(12-17(11-15)24-2)21-19(23)26-13-14-7-5-4-6-8-14/h3-8,15-17H,1,9-13H2,2H3,(H,20,22)(H,21,23)/t15-,16+,17+/m1/s1. The Morgan fingerprint density at radius 3 is 2.27 bits per heavy atom. The molecule has 1 aliphatic carbocycles. The number of benzene rings is 1. The van der Waals surface area contributed by atoms with Crippen LogP contribution in [-0.2, 0) is 20.8 Å². The summed E-state index contributed by atoms with van der Waals surface area (Å²) in [5.74, 6) is 0. The average molecular weight is 362 g/mol. The number of ether oxygens (including phenoxy) is 3. The van der Waals surface area contributed by atoms with Gasteiger partial charge in [-0.2, -0.15) is 0 Å². The lowest BCUT2D eigenvalue weighted by atomic mass is 9.89. The SMILES string of the molecule is C=CCOC(=O)N[C@@H]1C[C@H](NC(=O)OCc2ccccc2)C[C@@H](OC)C1. The van der Waals surface area contributed by atoms with Crippen molar-refractivity contribution in [3.05, 3.63) is 48.6 Å². The molecule has 0 unspecified atom stereocenters. The van der Waals surface area contributed by atoms with Gasteiger partial charge in [0.15, 0.2) is 0 Å². The summed E-state index contributed by atoms with van der Waals surface area (Å²) < 4.78 is 15.6. The Kier molecular flexibility index (Phi) is 7.95. The lowest BCUT2D eigenvalue weighted by Gasteiger charge is -2.34. The van der Waals surface area contributed by atoms with Crippen LogP contribution in [0.4, 0.5) is 9.59 Å². The van der Waals surface area contributed by atoms with Crippen molar-refractivity contribution in [2.24, 2.45) is 0 Å². The maximum Gasteiger partial charge on any atom is 0.407 e. The molecule has 0 aromatic heterocycles. The van der Waals surface area contributed by atoms with E-state index in [9.17, 15) is 9.59 Å². The molecule has 1 aromatic rings. The third-order valence-electron chi connectivity index (χ3n) is 4.19. The van der Waals surface area contributed by atoms with E-state index in [-0.39, 0.29) is 31.4 Å². The lowest BCUT2D eigenvalue weighted by Crippen LogP contribution is -2.50. The second-order valence-corrected chi connectivity index (χ2v) is 6.20. The molecule has 1 aromatic carbocycles. The number of carbonyl (C=O) groups is 2. The zero-order valence-corrected chi connectivity index (χ0v) is 15.0. The normalized spacial score (nSPS) is 22.1. The Labute approximate surface area is 153 Å². The Morgan fingerprint density at radius 2 is 1.69 bits per heavy atom. The van der Waals surface area contributed by atoms with Crippen LogP contribution in [-0.4, -0.2) is 44.1 Å². The molecule has 26 heavy (non-hydrogen) atoms. The van der Waals surface area contributed by atoms with E-state index >= 15 is 0 Å². The maximum atomic E-state index is 12.1. The van der Waals surface area contributed by atoms with Gasteiger partial charge in [0.05, 0.1) is 6.10 Å². The first-order chi connectivity index (χ1) is 12.6. The van der Waals surface area contributed by atoms with Crippen LogP contribution in [0, 0.1) is 0 Å². The molecule has 1 fully saturated rings. The van der Waals surface area contributed by atoms with Crippen LogP contribution in [0.15, 0.2) is 43.0 Å². The number of nitrogens with one attached hydrogen (secondary N) is 2. The van der Waals surface area contributed by atoms with E-state index in [1.54, 1.807) is 7.11 Å². The van der Waals surface area contributed by atoms with E-state index < -0.39 is 12.2 Å². The third kappa shape index (κ3) is 6.76. The number of carbonyl (C=O) groups excluding carboxylic acids is 2. The Balaban J connectivity index is 1.81. The van der Waals surface area contributed by atoms with Crippen LogP contribution < -0.4 is 10.6 Å². The molecule has 1 saturated carbocycles. The van der Waals surface area contributed by atoms with Gasteiger partial charge in [0.25, 0.3) is 0 Å². The highest BCUT2D eigenvalue weighted by molar-refractivity contribution is 5.68. The molecule has 7 heteroatoms. The number of alkyl carbamates (subject to hydrolysis) is 2. The second-order valence-electron chi connectivity index (χ2n) is 6.20. The molecule has 2 amide bonds. The van der Waals surface area contributed by atoms with Gasteiger partial charge in [-0.3, -0.25) is 0 Å². The van der Waals surface area contributed by atoms with Crippen molar-refractivity contribution in [1.29, 1.82) is 0 Å². The fourth-order valence-corrected chi connectivity index (χ4v) is 2.97. The first kappa shape index (κ1) is 19.8. The van der Waals surface area contributed by atoms with Crippen molar-refractivity contribution in [2.45, 2.75) is 44.1 Å². The fourth-order valence-electron chi connectivity index (χ4n) is 2.97. The molecule has 0 bridgehead atoms. The monoisotopic (exact) mass is 362 g/mol. The summed E-state index contributed by atoms with van der Waals surface area (Å²) in [5.41, 5.74) is 0.922. The second kappa shape index (κ2) is 10.5. The predicted molar refractivity (Wildman–Crippen MR) is 96.7 cm³/mol. The summed E-state index contributed by atoms with van der Waals surface area (Å²) in [4.78, 5) is 23.8. The van der Waals surface area contributed by atoms with Crippen molar-refractivity contribution in [1.82, 2.24) is 10.6 Å². The van der Waals surface area contributed by atoms with Crippen LogP contribution in [0.1, 0.15) is 24.8 Å². The van der Waals surface area contributed by atoms with Crippen molar-refractivity contribution >= 4 is 12.2 Å². The summed E-state index contributed by atoms with van der Waals surface area (Å²) in [6.45, 7) is 3.87. The third-order valence-corrected chi connectivity index (χ3v) is 4.19. The van der Waals surface area contributed by atoms with Gasteiger partial charge in [0.2, 0.25) is 0 Å². The quantitative estimate of drug-likeness (QED) is 0.729.